The Bertz CT molecular complexity index is 490. The Morgan fingerprint density at radius 1 is 1.40 bits per heavy atom. The third-order valence-corrected chi connectivity index (χ3v) is 3.22. The standard InChI is InChI=1S/C13H14F3NO3/c14-13(15,16)10-4-2-1-3-9(10)7-17-5-6-20-8-11(17)12(18)19/h1-4,11H,5-8H2,(H,18,19). The van der Waals surface area contributed by atoms with Gasteiger partial charge in [-0.05, 0) is 11.6 Å². The lowest BCUT2D eigenvalue weighted by Crippen LogP contribution is -2.49. The molecule has 1 atom stereocenters. The molecule has 1 aromatic rings. The van der Waals surface area contributed by atoms with E-state index < -0.39 is 23.8 Å². The van der Waals surface area contributed by atoms with Crippen LogP contribution < -0.4 is 0 Å². The van der Waals surface area contributed by atoms with Gasteiger partial charge in [-0.25, -0.2) is 0 Å². The van der Waals surface area contributed by atoms with E-state index in [1.807, 2.05) is 0 Å². The van der Waals surface area contributed by atoms with Crippen LogP contribution in [0.5, 0.6) is 0 Å². The van der Waals surface area contributed by atoms with Gasteiger partial charge in [-0.15, -0.1) is 0 Å². The molecule has 1 aliphatic rings. The molecule has 0 amide bonds. The molecule has 0 aromatic heterocycles. The Morgan fingerprint density at radius 3 is 2.75 bits per heavy atom. The number of ether oxygens (including phenoxy) is 1. The van der Waals surface area contributed by atoms with E-state index in [9.17, 15) is 18.0 Å². The maximum absolute atomic E-state index is 12.9. The van der Waals surface area contributed by atoms with Gasteiger partial charge in [0, 0.05) is 13.1 Å². The van der Waals surface area contributed by atoms with E-state index in [4.69, 9.17) is 9.84 Å². The van der Waals surface area contributed by atoms with E-state index >= 15 is 0 Å². The molecular formula is C13H14F3NO3. The van der Waals surface area contributed by atoms with Crippen LogP contribution in [0.3, 0.4) is 0 Å². The predicted octanol–water partition coefficient (Wildman–Crippen LogP) is 1.99. The maximum atomic E-state index is 12.9. The Balaban J connectivity index is 2.23. The van der Waals surface area contributed by atoms with Gasteiger partial charge in [0.2, 0.25) is 0 Å². The lowest BCUT2D eigenvalue weighted by atomic mass is 10.1. The van der Waals surface area contributed by atoms with Crippen LogP contribution in [0.2, 0.25) is 0 Å². The quantitative estimate of drug-likeness (QED) is 0.924. The summed E-state index contributed by atoms with van der Waals surface area (Å²) in [5.41, 5.74) is -0.649. The van der Waals surface area contributed by atoms with E-state index in [1.54, 1.807) is 0 Å². The fourth-order valence-electron chi connectivity index (χ4n) is 2.21. The van der Waals surface area contributed by atoms with E-state index in [-0.39, 0.29) is 18.7 Å². The average molecular weight is 289 g/mol. The van der Waals surface area contributed by atoms with Crippen LogP contribution in [0.25, 0.3) is 0 Å². The van der Waals surface area contributed by atoms with Crippen molar-refractivity contribution in [1.82, 2.24) is 4.90 Å². The fraction of sp³-hybridized carbons (Fsp3) is 0.462. The largest absolute Gasteiger partial charge is 0.480 e. The molecule has 110 valence electrons. The van der Waals surface area contributed by atoms with Crippen molar-refractivity contribution >= 4 is 5.97 Å². The first-order valence-corrected chi connectivity index (χ1v) is 6.09. The van der Waals surface area contributed by atoms with Gasteiger partial charge in [0.1, 0.15) is 6.04 Å². The molecular weight excluding hydrogens is 275 g/mol. The first-order valence-electron chi connectivity index (χ1n) is 6.09. The van der Waals surface area contributed by atoms with Gasteiger partial charge < -0.3 is 9.84 Å². The second-order valence-corrected chi connectivity index (χ2v) is 4.55. The smallest absolute Gasteiger partial charge is 0.416 e. The van der Waals surface area contributed by atoms with E-state index in [0.717, 1.165) is 6.07 Å². The number of aliphatic carboxylic acids is 1. The van der Waals surface area contributed by atoms with Crippen LogP contribution in [-0.4, -0.2) is 41.8 Å². The molecule has 1 fully saturated rings. The van der Waals surface area contributed by atoms with Crippen molar-refractivity contribution < 1.29 is 27.8 Å². The van der Waals surface area contributed by atoms with Crippen LogP contribution in [0.1, 0.15) is 11.1 Å². The normalized spacial score (nSPS) is 20.9. The number of hydrogen-bond acceptors (Lipinski definition) is 3. The zero-order chi connectivity index (χ0) is 14.8. The highest BCUT2D eigenvalue weighted by molar-refractivity contribution is 5.73. The Labute approximate surface area is 113 Å². The Morgan fingerprint density at radius 2 is 2.10 bits per heavy atom. The molecule has 0 radical (unpaired) electrons. The van der Waals surface area contributed by atoms with Crippen LogP contribution in [0.4, 0.5) is 13.2 Å². The van der Waals surface area contributed by atoms with Crippen molar-refractivity contribution in [3.05, 3.63) is 35.4 Å². The number of alkyl halides is 3. The highest BCUT2D eigenvalue weighted by atomic mass is 19.4. The van der Waals surface area contributed by atoms with Crippen molar-refractivity contribution in [3.8, 4) is 0 Å². The summed E-state index contributed by atoms with van der Waals surface area (Å²) in [6.07, 6.45) is -4.44. The van der Waals surface area contributed by atoms with Gasteiger partial charge in [-0.2, -0.15) is 13.2 Å². The molecule has 20 heavy (non-hydrogen) atoms. The summed E-state index contributed by atoms with van der Waals surface area (Å²) >= 11 is 0. The number of carboxylic acid groups (broad SMARTS) is 1. The number of morpholine rings is 1. The molecule has 0 bridgehead atoms. The summed E-state index contributed by atoms with van der Waals surface area (Å²) in [4.78, 5) is 12.6. The lowest BCUT2D eigenvalue weighted by molar-refractivity contribution is -0.150. The van der Waals surface area contributed by atoms with Gasteiger partial charge >= 0.3 is 12.1 Å². The fourth-order valence-corrected chi connectivity index (χ4v) is 2.21. The van der Waals surface area contributed by atoms with Gasteiger partial charge in [0.15, 0.2) is 0 Å². The van der Waals surface area contributed by atoms with Crippen LogP contribution in [0.15, 0.2) is 24.3 Å². The first-order chi connectivity index (χ1) is 9.39. The molecule has 0 saturated carbocycles. The third kappa shape index (κ3) is 3.29. The third-order valence-electron chi connectivity index (χ3n) is 3.22. The molecule has 7 heteroatoms. The van der Waals surface area contributed by atoms with E-state index in [0.29, 0.717) is 13.2 Å². The number of carboxylic acids is 1. The summed E-state index contributed by atoms with van der Waals surface area (Å²) in [5.74, 6) is -1.09. The van der Waals surface area contributed by atoms with Gasteiger partial charge in [-0.1, -0.05) is 18.2 Å². The van der Waals surface area contributed by atoms with Gasteiger partial charge in [0.05, 0.1) is 18.8 Å². The van der Waals surface area contributed by atoms with E-state index in [2.05, 4.69) is 0 Å². The molecule has 1 saturated heterocycles. The minimum absolute atomic E-state index is 0.0104. The number of rotatable bonds is 3. The summed E-state index contributed by atoms with van der Waals surface area (Å²) in [6, 6.07) is 4.30. The number of hydrogen-bond donors (Lipinski definition) is 1. The van der Waals surface area contributed by atoms with Crippen LogP contribution in [0, 0.1) is 0 Å². The molecule has 4 nitrogen and oxygen atoms in total. The molecule has 1 N–H and O–H groups in total. The molecule has 1 aliphatic heterocycles. The topological polar surface area (TPSA) is 49.8 Å². The minimum Gasteiger partial charge on any atom is -0.480 e. The minimum atomic E-state index is -4.44. The van der Waals surface area contributed by atoms with Gasteiger partial charge in [0.25, 0.3) is 0 Å². The van der Waals surface area contributed by atoms with E-state index in [1.165, 1.54) is 23.1 Å². The molecule has 1 unspecified atom stereocenters. The second kappa shape index (κ2) is 5.80. The molecule has 0 aliphatic carbocycles. The molecule has 1 aromatic carbocycles. The number of halogens is 3. The van der Waals surface area contributed by atoms with Crippen molar-refractivity contribution in [2.45, 2.75) is 18.8 Å². The Kier molecular flexibility index (Phi) is 4.29. The first kappa shape index (κ1) is 14.8. The zero-order valence-electron chi connectivity index (χ0n) is 10.6. The van der Waals surface area contributed by atoms with Crippen molar-refractivity contribution in [3.63, 3.8) is 0 Å². The van der Waals surface area contributed by atoms with Gasteiger partial charge in [-0.3, -0.25) is 9.69 Å². The number of nitrogens with zero attached hydrogens (tertiary/aromatic N) is 1. The average Bonchev–Trinajstić information content (AvgIpc) is 2.38. The Hall–Kier alpha value is -1.60. The predicted molar refractivity (Wildman–Crippen MR) is 64.1 cm³/mol. The second-order valence-electron chi connectivity index (χ2n) is 4.55. The zero-order valence-corrected chi connectivity index (χ0v) is 10.6. The number of carbonyl (C=O) groups is 1. The summed E-state index contributed by atoms with van der Waals surface area (Å²) in [6.45, 7) is 0.542. The lowest BCUT2D eigenvalue weighted by Gasteiger charge is -2.33. The number of benzene rings is 1. The monoisotopic (exact) mass is 289 g/mol. The molecule has 2 rings (SSSR count). The van der Waals surface area contributed by atoms with Crippen LogP contribution >= 0.6 is 0 Å². The summed E-state index contributed by atoms with van der Waals surface area (Å²) in [5, 5.41) is 9.07. The van der Waals surface area contributed by atoms with Crippen LogP contribution in [-0.2, 0) is 22.3 Å². The van der Waals surface area contributed by atoms with Crippen molar-refractivity contribution in [1.29, 1.82) is 0 Å². The highest BCUT2D eigenvalue weighted by Crippen LogP contribution is 2.32. The maximum Gasteiger partial charge on any atom is 0.416 e. The summed E-state index contributed by atoms with van der Waals surface area (Å²) in [7, 11) is 0. The van der Waals surface area contributed by atoms with Crippen molar-refractivity contribution in [2.24, 2.45) is 0 Å². The molecule has 0 spiro atoms. The SMILES string of the molecule is O=C(O)C1COCCN1Cc1ccccc1C(F)(F)F. The highest BCUT2D eigenvalue weighted by Gasteiger charge is 2.35. The molecule has 1 heterocycles. The summed E-state index contributed by atoms with van der Waals surface area (Å²) < 4.78 is 43.8. The van der Waals surface area contributed by atoms with Crippen molar-refractivity contribution in [2.75, 3.05) is 19.8 Å².